The van der Waals surface area contributed by atoms with Crippen molar-refractivity contribution in [3.63, 3.8) is 0 Å². The van der Waals surface area contributed by atoms with Gasteiger partial charge in [-0.15, -0.1) is 0 Å². The first-order chi connectivity index (χ1) is 31.1. The van der Waals surface area contributed by atoms with E-state index in [9.17, 15) is 0 Å². The summed E-state index contributed by atoms with van der Waals surface area (Å²) in [7, 11) is 0. The van der Waals surface area contributed by atoms with Crippen LogP contribution in [-0.2, 0) is 0 Å². The van der Waals surface area contributed by atoms with Crippen molar-refractivity contribution in [2.75, 3.05) is 0 Å². The molecule has 0 spiro atoms. The van der Waals surface area contributed by atoms with E-state index in [1.54, 1.807) is 0 Å². The second kappa shape index (κ2) is 14.9. The van der Waals surface area contributed by atoms with Crippen LogP contribution < -0.4 is 0 Å². The maximum Gasteiger partial charge on any atom is 0.164 e. The van der Waals surface area contributed by atoms with E-state index < -0.39 is 0 Å². The molecule has 12 rings (SSSR count). The number of fused-ring (bicyclic) bond motifs is 6. The Bertz CT molecular complexity index is 3610. The standard InChI is InChI=1S/C58H39N5/c1-38-27-29-42(30-28-38)56-59-57(43-33-31-41(32-34-43)39-15-4-2-5-16-39)61-58(60-56)45-35-44(40-17-6-3-7-18-40)36-46(37-45)62-51-23-11-10-21-49(51)50-22-14-26-54(55(50)62)63-52-24-12-8-19-47(52)48-20-9-13-25-53(48)63/h2-37H,1H3. The predicted octanol–water partition coefficient (Wildman–Crippen LogP) is 14.7. The maximum absolute atomic E-state index is 5.29. The second-order valence-electron chi connectivity index (χ2n) is 16.1. The largest absolute Gasteiger partial charge is 0.307 e. The highest BCUT2D eigenvalue weighted by molar-refractivity contribution is 6.15. The van der Waals surface area contributed by atoms with E-state index in [2.05, 4.69) is 228 Å². The van der Waals surface area contributed by atoms with Crippen molar-refractivity contribution in [3.8, 4) is 67.8 Å². The minimum absolute atomic E-state index is 0.602. The second-order valence-corrected chi connectivity index (χ2v) is 16.1. The predicted molar refractivity (Wildman–Crippen MR) is 260 cm³/mol. The fourth-order valence-electron chi connectivity index (χ4n) is 9.21. The first kappa shape index (κ1) is 36.4. The third-order valence-electron chi connectivity index (χ3n) is 12.2. The number of benzene rings is 9. The van der Waals surface area contributed by atoms with Crippen LogP contribution in [0.15, 0.2) is 218 Å². The van der Waals surface area contributed by atoms with E-state index >= 15 is 0 Å². The lowest BCUT2D eigenvalue weighted by Crippen LogP contribution is -2.03. The molecular formula is C58H39N5. The first-order valence-electron chi connectivity index (χ1n) is 21.4. The lowest BCUT2D eigenvalue weighted by Gasteiger charge is -2.17. The summed E-state index contributed by atoms with van der Waals surface area (Å²) in [6.45, 7) is 2.10. The summed E-state index contributed by atoms with van der Waals surface area (Å²) in [6, 6.07) is 77.6. The number of hydrogen-bond acceptors (Lipinski definition) is 3. The Morgan fingerprint density at radius 2 is 0.714 bits per heavy atom. The molecule has 296 valence electrons. The molecule has 0 fully saturated rings. The number of rotatable bonds is 7. The molecule has 63 heavy (non-hydrogen) atoms. The molecule has 0 amide bonds. The van der Waals surface area contributed by atoms with Gasteiger partial charge in [-0.2, -0.15) is 0 Å². The van der Waals surface area contributed by atoms with Gasteiger partial charge in [-0.05, 0) is 71.6 Å². The van der Waals surface area contributed by atoms with Gasteiger partial charge in [0.2, 0.25) is 0 Å². The molecule has 3 heterocycles. The molecule has 0 saturated heterocycles. The molecule has 0 aliphatic carbocycles. The van der Waals surface area contributed by atoms with Crippen molar-refractivity contribution >= 4 is 43.6 Å². The minimum atomic E-state index is 0.602. The van der Waals surface area contributed by atoms with Crippen molar-refractivity contribution in [1.82, 2.24) is 24.1 Å². The van der Waals surface area contributed by atoms with E-state index in [4.69, 9.17) is 15.0 Å². The zero-order chi connectivity index (χ0) is 41.9. The van der Waals surface area contributed by atoms with Crippen LogP contribution in [0.25, 0.3) is 111 Å². The molecule has 0 saturated carbocycles. The lowest BCUT2D eigenvalue weighted by atomic mass is 10.0. The Kier molecular flexibility index (Phi) is 8.64. The Balaban J connectivity index is 1.12. The van der Waals surface area contributed by atoms with E-state index in [1.807, 2.05) is 6.07 Å². The first-order valence-corrected chi connectivity index (χ1v) is 21.4. The van der Waals surface area contributed by atoms with Crippen LogP contribution in [0.1, 0.15) is 5.56 Å². The minimum Gasteiger partial charge on any atom is -0.307 e. The molecular weight excluding hydrogens is 767 g/mol. The smallest absolute Gasteiger partial charge is 0.164 e. The fraction of sp³-hybridized carbons (Fsp3) is 0.0172. The van der Waals surface area contributed by atoms with E-state index in [0.717, 1.165) is 61.4 Å². The van der Waals surface area contributed by atoms with Gasteiger partial charge in [0.15, 0.2) is 17.5 Å². The summed E-state index contributed by atoms with van der Waals surface area (Å²) in [5, 5.41) is 4.82. The number of hydrogen-bond donors (Lipinski definition) is 0. The zero-order valence-electron chi connectivity index (χ0n) is 34.5. The van der Waals surface area contributed by atoms with Crippen molar-refractivity contribution in [2.45, 2.75) is 6.92 Å². The normalized spacial score (nSPS) is 11.6. The molecule has 9 aromatic carbocycles. The molecule has 12 aromatic rings. The number of nitrogens with zero attached hydrogens (tertiary/aromatic N) is 5. The Hall–Kier alpha value is -8.41. The van der Waals surface area contributed by atoms with Gasteiger partial charge in [-0.3, -0.25) is 0 Å². The molecule has 5 nitrogen and oxygen atoms in total. The molecule has 0 atom stereocenters. The van der Waals surface area contributed by atoms with Crippen molar-refractivity contribution in [3.05, 3.63) is 224 Å². The monoisotopic (exact) mass is 805 g/mol. The molecule has 0 aliphatic rings. The molecule has 0 unspecified atom stereocenters. The van der Waals surface area contributed by atoms with Gasteiger partial charge in [0.25, 0.3) is 0 Å². The molecule has 0 bridgehead atoms. The van der Waals surface area contributed by atoms with E-state index in [-0.39, 0.29) is 0 Å². The zero-order valence-corrected chi connectivity index (χ0v) is 34.5. The van der Waals surface area contributed by atoms with Crippen LogP contribution in [0.3, 0.4) is 0 Å². The molecule has 5 heteroatoms. The van der Waals surface area contributed by atoms with E-state index in [0.29, 0.717) is 17.5 Å². The highest BCUT2D eigenvalue weighted by Crippen LogP contribution is 2.41. The Labute approximate surface area is 364 Å². The van der Waals surface area contributed by atoms with Crippen LogP contribution in [-0.4, -0.2) is 24.1 Å². The summed E-state index contributed by atoms with van der Waals surface area (Å²) in [4.78, 5) is 15.7. The lowest BCUT2D eigenvalue weighted by molar-refractivity contribution is 1.07. The summed E-state index contributed by atoms with van der Waals surface area (Å²) in [5.41, 5.74) is 15.1. The number of aromatic nitrogens is 5. The van der Waals surface area contributed by atoms with Crippen molar-refractivity contribution in [2.24, 2.45) is 0 Å². The van der Waals surface area contributed by atoms with Crippen molar-refractivity contribution < 1.29 is 0 Å². The quantitative estimate of drug-likeness (QED) is 0.161. The van der Waals surface area contributed by atoms with Crippen LogP contribution in [0.4, 0.5) is 0 Å². The number of para-hydroxylation sites is 4. The molecule has 3 aromatic heterocycles. The summed E-state index contributed by atoms with van der Waals surface area (Å²) < 4.78 is 4.87. The fourth-order valence-corrected chi connectivity index (χ4v) is 9.21. The van der Waals surface area contributed by atoms with Gasteiger partial charge in [0.1, 0.15) is 0 Å². The van der Waals surface area contributed by atoms with Gasteiger partial charge in [-0.25, -0.2) is 15.0 Å². The van der Waals surface area contributed by atoms with Gasteiger partial charge >= 0.3 is 0 Å². The topological polar surface area (TPSA) is 48.5 Å². The highest BCUT2D eigenvalue weighted by Gasteiger charge is 2.22. The summed E-state index contributed by atoms with van der Waals surface area (Å²) in [6.07, 6.45) is 0. The van der Waals surface area contributed by atoms with Gasteiger partial charge in [-0.1, -0.05) is 181 Å². The highest BCUT2D eigenvalue weighted by atomic mass is 15.1. The summed E-state index contributed by atoms with van der Waals surface area (Å²) in [5.74, 6) is 1.84. The van der Waals surface area contributed by atoms with E-state index in [1.165, 1.54) is 38.1 Å². The average Bonchev–Trinajstić information content (AvgIpc) is 3.88. The Morgan fingerprint density at radius 1 is 0.302 bits per heavy atom. The van der Waals surface area contributed by atoms with Gasteiger partial charge in [0.05, 0.1) is 27.8 Å². The van der Waals surface area contributed by atoms with Crippen LogP contribution >= 0.6 is 0 Å². The van der Waals surface area contributed by atoms with Crippen LogP contribution in [0.5, 0.6) is 0 Å². The average molecular weight is 806 g/mol. The third kappa shape index (κ3) is 6.29. The molecule has 0 radical (unpaired) electrons. The summed E-state index contributed by atoms with van der Waals surface area (Å²) >= 11 is 0. The molecule has 0 N–H and O–H groups in total. The van der Waals surface area contributed by atoms with Crippen LogP contribution in [0, 0.1) is 6.92 Å². The molecule has 0 aliphatic heterocycles. The maximum atomic E-state index is 5.29. The number of aryl methyl sites for hydroxylation is 1. The third-order valence-corrected chi connectivity index (χ3v) is 12.2. The van der Waals surface area contributed by atoms with Crippen molar-refractivity contribution in [1.29, 1.82) is 0 Å². The Morgan fingerprint density at radius 3 is 1.30 bits per heavy atom. The van der Waals surface area contributed by atoms with Crippen LogP contribution in [0.2, 0.25) is 0 Å². The SMILES string of the molecule is Cc1ccc(-c2nc(-c3ccc(-c4ccccc4)cc3)nc(-c3cc(-c4ccccc4)cc(-n4c5ccccc5c5cccc(-n6c7ccccc7c7ccccc76)c54)c3)n2)cc1. The van der Waals surface area contributed by atoms with Gasteiger partial charge < -0.3 is 9.13 Å². The van der Waals surface area contributed by atoms with Gasteiger partial charge in [0, 0.05) is 43.9 Å².